The minimum absolute atomic E-state index is 0.0212. The molecule has 0 unspecified atom stereocenters. The largest absolute Gasteiger partial charge is 0.489 e. The van der Waals surface area contributed by atoms with Crippen LogP contribution >= 0.6 is 11.8 Å². The molecule has 0 aliphatic carbocycles. The number of thioether (sulfide) groups is 1. The van der Waals surface area contributed by atoms with E-state index in [9.17, 15) is 24.5 Å². The number of rotatable bonds is 7. The molecule has 0 radical (unpaired) electrons. The standard InChI is InChI=1S/C23H21N3O6S/c27-21(24-11-1-2-12-24)14-25-22(28)20(33-23(25)29)13-16-5-9-19(10-6-16)32-15-17-3-7-18(8-4-17)26(30)31/h3-10,13H,1-2,11-12,14-15H2/b20-13-. The third kappa shape index (κ3) is 5.40. The zero-order chi connectivity index (χ0) is 23.4. The quantitative estimate of drug-likeness (QED) is 0.346. The Balaban J connectivity index is 1.35. The summed E-state index contributed by atoms with van der Waals surface area (Å²) in [5.41, 5.74) is 1.53. The normalized spacial score (nSPS) is 17.2. The molecule has 4 rings (SSSR count). The summed E-state index contributed by atoms with van der Waals surface area (Å²) in [6.45, 7) is 1.37. The second-order valence-corrected chi connectivity index (χ2v) is 8.63. The van der Waals surface area contributed by atoms with Crippen molar-refractivity contribution in [3.63, 3.8) is 0 Å². The van der Waals surface area contributed by atoms with Gasteiger partial charge < -0.3 is 9.64 Å². The molecule has 10 heteroatoms. The van der Waals surface area contributed by atoms with Gasteiger partial charge in [0.2, 0.25) is 5.91 Å². The predicted octanol–water partition coefficient (Wildman–Crippen LogP) is 3.83. The average Bonchev–Trinajstić information content (AvgIpc) is 3.44. The van der Waals surface area contributed by atoms with Crippen LogP contribution in [0.15, 0.2) is 53.4 Å². The summed E-state index contributed by atoms with van der Waals surface area (Å²) in [5, 5.41) is 10.3. The molecule has 3 amide bonds. The van der Waals surface area contributed by atoms with Gasteiger partial charge in [0, 0.05) is 25.2 Å². The van der Waals surface area contributed by atoms with Gasteiger partial charge in [0.05, 0.1) is 9.83 Å². The van der Waals surface area contributed by atoms with Crippen molar-refractivity contribution in [1.82, 2.24) is 9.80 Å². The zero-order valence-corrected chi connectivity index (χ0v) is 18.5. The zero-order valence-electron chi connectivity index (χ0n) is 17.6. The van der Waals surface area contributed by atoms with E-state index in [2.05, 4.69) is 0 Å². The number of nitro groups is 1. The van der Waals surface area contributed by atoms with Crippen LogP contribution in [-0.2, 0) is 16.2 Å². The molecule has 9 nitrogen and oxygen atoms in total. The fourth-order valence-corrected chi connectivity index (χ4v) is 4.37. The van der Waals surface area contributed by atoms with E-state index in [1.807, 2.05) is 0 Å². The van der Waals surface area contributed by atoms with Gasteiger partial charge in [0.25, 0.3) is 16.8 Å². The lowest BCUT2D eigenvalue weighted by Crippen LogP contribution is -2.40. The molecule has 0 bridgehead atoms. The minimum atomic E-state index is -0.462. The van der Waals surface area contributed by atoms with Crippen molar-refractivity contribution in [3.05, 3.63) is 74.7 Å². The Labute approximate surface area is 194 Å². The molecule has 2 fully saturated rings. The number of ether oxygens (including phenoxy) is 1. The number of hydrogen-bond acceptors (Lipinski definition) is 7. The average molecular weight is 468 g/mol. The molecule has 170 valence electrons. The maximum Gasteiger partial charge on any atom is 0.294 e. The lowest BCUT2D eigenvalue weighted by Gasteiger charge is -2.18. The van der Waals surface area contributed by atoms with E-state index in [4.69, 9.17) is 4.74 Å². The van der Waals surface area contributed by atoms with Gasteiger partial charge in [-0.3, -0.25) is 29.4 Å². The first-order chi connectivity index (χ1) is 15.9. The first-order valence-electron chi connectivity index (χ1n) is 10.4. The molecule has 2 aromatic rings. The van der Waals surface area contributed by atoms with Gasteiger partial charge in [-0.2, -0.15) is 0 Å². The third-order valence-corrected chi connectivity index (χ3v) is 6.26. The first-order valence-corrected chi connectivity index (χ1v) is 11.2. The van der Waals surface area contributed by atoms with E-state index in [0.717, 1.165) is 35.1 Å². The number of nitrogens with zero attached hydrogens (tertiary/aromatic N) is 3. The van der Waals surface area contributed by atoms with Gasteiger partial charge in [0.15, 0.2) is 0 Å². The lowest BCUT2D eigenvalue weighted by atomic mass is 10.2. The number of amides is 3. The van der Waals surface area contributed by atoms with Crippen LogP contribution in [0.2, 0.25) is 0 Å². The van der Waals surface area contributed by atoms with E-state index in [0.29, 0.717) is 24.4 Å². The Morgan fingerprint density at radius 1 is 1.06 bits per heavy atom. The molecule has 0 N–H and O–H groups in total. The summed E-state index contributed by atoms with van der Waals surface area (Å²) in [6, 6.07) is 13.1. The van der Waals surface area contributed by atoms with Gasteiger partial charge in [0.1, 0.15) is 18.9 Å². The highest BCUT2D eigenvalue weighted by Gasteiger charge is 2.37. The summed E-state index contributed by atoms with van der Waals surface area (Å²) >= 11 is 0.825. The number of non-ortho nitro benzene ring substituents is 1. The monoisotopic (exact) mass is 467 g/mol. The van der Waals surface area contributed by atoms with E-state index >= 15 is 0 Å². The van der Waals surface area contributed by atoms with Crippen molar-refractivity contribution in [1.29, 1.82) is 0 Å². The van der Waals surface area contributed by atoms with Gasteiger partial charge in [-0.05, 0) is 66.1 Å². The van der Waals surface area contributed by atoms with Crippen LogP contribution in [0.3, 0.4) is 0 Å². The molecule has 0 spiro atoms. The fraction of sp³-hybridized carbons (Fsp3) is 0.261. The topological polar surface area (TPSA) is 110 Å². The number of imide groups is 1. The Hall–Kier alpha value is -3.66. The van der Waals surface area contributed by atoms with Gasteiger partial charge in [-0.1, -0.05) is 12.1 Å². The van der Waals surface area contributed by atoms with Crippen molar-refractivity contribution in [2.24, 2.45) is 0 Å². The summed E-state index contributed by atoms with van der Waals surface area (Å²) in [5.74, 6) is -0.0727. The van der Waals surface area contributed by atoms with Gasteiger partial charge in [-0.25, -0.2) is 0 Å². The number of benzene rings is 2. The lowest BCUT2D eigenvalue weighted by molar-refractivity contribution is -0.384. The van der Waals surface area contributed by atoms with Crippen molar-refractivity contribution < 1.29 is 24.0 Å². The molecule has 2 aliphatic heterocycles. The van der Waals surface area contributed by atoms with Crippen molar-refractivity contribution in [3.8, 4) is 5.75 Å². The second kappa shape index (κ2) is 9.86. The molecule has 2 saturated heterocycles. The van der Waals surface area contributed by atoms with Crippen molar-refractivity contribution >= 4 is 40.6 Å². The molecule has 2 aromatic carbocycles. The Morgan fingerprint density at radius 2 is 1.73 bits per heavy atom. The number of hydrogen-bond donors (Lipinski definition) is 0. The molecular weight excluding hydrogens is 446 g/mol. The molecule has 0 atom stereocenters. The molecule has 2 heterocycles. The molecule has 0 saturated carbocycles. The van der Waals surface area contributed by atoms with Crippen LogP contribution in [0.5, 0.6) is 5.75 Å². The summed E-state index contributed by atoms with van der Waals surface area (Å²) in [6.07, 6.45) is 3.51. The van der Waals surface area contributed by atoms with Crippen LogP contribution in [0.25, 0.3) is 6.08 Å². The molecule has 33 heavy (non-hydrogen) atoms. The Bertz CT molecular complexity index is 1110. The highest BCUT2D eigenvalue weighted by Crippen LogP contribution is 2.32. The summed E-state index contributed by atoms with van der Waals surface area (Å²) in [4.78, 5) is 50.4. The SMILES string of the molecule is O=C(CN1C(=O)S/C(=C\c2ccc(OCc3ccc([N+](=O)[O-])cc3)cc2)C1=O)N1CCCC1. The van der Waals surface area contributed by atoms with E-state index in [1.54, 1.807) is 47.4 Å². The highest BCUT2D eigenvalue weighted by molar-refractivity contribution is 8.18. The first kappa shape index (κ1) is 22.5. The predicted molar refractivity (Wildman–Crippen MR) is 122 cm³/mol. The second-order valence-electron chi connectivity index (χ2n) is 7.64. The third-order valence-electron chi connectivity index (χ3n) is 5.36. The van der Waals surface area contributed by atoms with Crippen LogP contribution < -0.4 is 4.74 Å². The maximum atomic E-state index is 12.6. The number of likely N-dealkylation sites (tertiary alicyclic amines) is 1. The van der Waals surface area contributed by atoms with Crippen molar-refractivity contribution in [2.75, 3.05) is 19.6 Å². The maximum absolute atomic E-state index is 12.6. The minimum Gasteiger partial charge on any atom is -0.489 e. The van der Waals surface area contributed by atoms with Crippen LogP contribution in [-0.4, -0.2) is 51.4 Å². The molecular formula is C23H21N3O6S. The number of carbonyl (C=O) groups excluding carboxylic acids is 3. The molecule has 0 aromatic heterocycles. The molecule has 2 aliphatic rings. The van der Waals surface area contributed by atoms with Crippen molar-refractivity contribution in [2.45, 2.75) is 19.4 Å². The highest BCUT2D eigenvalue weighted by atomic mass is 32.2. The van der Waals surface area contributed by atoms with Crippen LogP contribution in [0.1, 0.15) is 24.0 Å². The Morgan fingerprint density at radius 3 is 2.36 bits per heavy atom. The van der Waals surface area contributed by atoms with E-state index in [-0.39, 0.29) is 29.7 Å². The van der Waals surface area contributed by atoms with Crippen LogP contribution in [0, 0.1) is 10.1 Å². The van der Waals surface area contributed by atoms with Gasteiger partial charge in [-0.15, -0.1) is 0 Å². The number of nitro benzene ring substituents is 1. The van der Waals surface area contributed by atoms with E-state index < -0.39 is 16.1 Å². The van der Waals surface area contributed by atoms with E-state index in [1.165, 1.54) is 12.1 Å². The number of carbonyl (C=O) groups is 3. The Kier molecular flexibility index (Phi) is 6.74. The summed E-state index contributed by atoms with van der Waals surface area (Å²) in [7, 11) is 0. The van der Waals surface area contributed by atoms with Gasteiger partial charge >= 0.3 is 0 Å². The van der Waals surface area contributed by atoms with Crippen LogP contribution in [0.4, 0.5) is 10.5 Å². The fourth-order valence-electron chi connectivity index (χ4n) is 3.53. The smallest absolute Gasteiger partial charge is 0.294 e. The summed E-state index contributed by atoms with van der Waals surface area (Å²) < 4.78 is 5.70.